The molecule has 29 heavy (non-hydrogen) atoms. The standard InChI is InChI=1S/C22H24N6O/c1-14-6-5-9-16(12-14)26-20-17(19(23)29)13-25-21(28-20)27-18(22(24)10-11-22)15-7-3-2-4-8-15/h2-9,12-13,18H,10-11,24H2,1H3,(H2,23,29)(H2,25,26,27,28). The van der Waals surface area contributed by atoms with Gasteiger partial charge in [-0.1, -0.05) is 42.5 Å². The fourth-order valence-corrected chi connectivity index (χ4v) is 3.35. The number of amides is 1. The van der Waals surface area contributed by atoms with Gasteiger partial charge in [0.1, 0.15) is 11.4 Å². The van der Waals surface area contributed by atoms with Crippen molar-refractivity contribution in [2.24, 2.45) is 11.5 Å². The van der Waals surface area contributed by atoms with E-state index < -0.39 is 5.91 Å². The second-order valence-corrected chi connectivity index (χ2v) is 7.54. The van der Waals surface area contributed by atoms with Crippen LogP contribution in [0.5, 0.6) is 0 Å². The molecule has 0 bridgehead atoms. The van der Waals surface area contributed by atoms with Gasteiger partial charge in [0.2, 0.25) is 5.95 Å². The van der Waals surface area contributed by atoms with Crippen LogP contribution in [0.4, 0.5) is 17.5 Å². The Kier molecular flexibility index (Phi) is 4.90. The Bertz CT molecular complexity index is 1030. The molecule has 2 aromatic carbocycles. The van der Waals surface area contributed by atoms with Crippen molar-refractivity contribution >= 4 is 23.4 Å². The molecule has 1 aliphatic rings. The molecule has 1 fully saturated rings. The van der Waals surface area contributed by atoms with E-state index in [4.69, 9.17) is 11.5 Å². The topological polar surface area (TPSA) is 119 Å². The van der Waals surface area contributed by atoms with Crippen molar-refractivity contribution in [3.63, 3.8) is 0 Å². The molecule has 1 atom stereocenters. The second kappa shape index (κ2) is 7.52. The van der Waals surface area contributed by atoms with Gasteiger partial charge in [-0.15, -0.1) is 0 Å². The van der Waals surface area contributed by atoms with Gasteiger partial charge >= 0.3 is 0 Å². The van der Waals surface area contributed by atoms with Crippen LogP contribution in [0.2, 0.25) is 0 Å². The number of aryl methyl sites for hydroxylation is 1. The van der Waals surface area contributed by atoms with Crippen LogP contribution in [-0.2, 0) is 0 Å². The number of nitrogens with zero attached hydrogens (tertiary/aromatic N) is 2. The van der Waals surface area contributed by atoms with Gasteiger partial charge in [-0.25, -0.2) is 4.98 Å². The number of nitrogens with one attached hydrogen (secondary N) is 2. The van der Waals surface area contributed by atoms with E-state index in [2.05, 4.69) is 20.6 Å². The molecule has 1 aromatic heterocycles. The largest absolute Gasteiger partial charge is 0.365 e. The second-order valence-electron chi connectivity index (χ2n) is 7.54. The zero-order valence-corrected chi connectivity index (χ0v) is 16.2. The number of hydrogen-bond donors (Lipinski definition) is 4. The van der Waals surface area contributed by atoms with Gasteiger partial charge < -0.3 is 22.1 Å². The van der Waals surface area contributed by atoms with E-state index in [-0.39, 0.29) is 17.1 Å². The third kappa shape index (κ3) is 4.20. The lowest BCUT2D eigenvalue weighted by molar-refractivity contribution is 0.100. The van der Waals surface area contributed by atoms with Gasteiger partial charge in [-0.05, 0) is 43.0 Å². The van der Waals surface area contributed by atoms with Gasteiger partial charge in [0.15, 0.2) is 0 Å². The summed E-state index contributed by atoms with van der Waals surface area (Å²) >= 11 is 0. The normalized spacial score (nSPS) is 15.4. The average Bonchev–Trinajstić information content (AvgIpc) is 3.45. The SMILES string of the molecule is Cc1cccc(Nc2nc(NC(c3ccccc3)C3(N)CC3)ncc2C(N)=O)c1. The third-order valence-electron chi connectivity index (χ3n) is 5.14. The predicted octanol–water partition coefficient (Wildman–Crippen LogP) is 3.27. The Morgan fingerprint density at radius 1 is 1.14 bits per heavy atom. The Balaban J connectivity index is 1.66. The molecule has 4 rings (SSSR count). The number of hydrogen-bond acceptors (Lipinski definition) is 6. The van der Waals surface area contributed by atoms with Gasteiger partial charge in [0.25, 0.3) is 5.91 Å². The number of carbonyl (C=O) groups is 1. The zero-order chi connectivity index (χ0) is 20.4. The maximum Gasteiger partial charge on any atom is 0.254 e. The molecule has 0 saturated heterocycles. The highest BCUT2D eigenvalue weighted by Crippen LogP contribution is 2.44. The van der Waals surface area contributed by atoms with Crippen LogP contribution in [0, 0.1) is 6.92 Å². The lowest BCUT2D eigenvalue weighted by Gasteiger charge is -2.25. The van der Waals surface area contributed by atoms with Crippen LogP contribution in [0.15, 0.2) is 60.8 Å². The minimum atomic E-state index is -0.594. The molecule has 0 spiro atoms. The summed E-state index contributed by atoms with van der Waals surface area (Å²) in [6.45, 7) is 1.99. The number of aromatic nitrogens is 2. The Hall–Kier alpha value is -3.45. The van der Waals surface area contributed by atoms with Crippen LogP contribution in [0.25, 0.3) is 0 Å². The maximum atomic E-state index is 11.9. The quantitative estimate of drug-likeness (QED) is 0.493. The van der Waals surface area contributed by atoms with Gasteiger partial charge in [0.05, 0.1) is 6.04 Å². The molecule has 0 aliphatic heterocycles. The summed E-state index contributed by atoms with van der Waals surface area (Å²) in [4.78, 5) is 20.7. The first-order chi connectivity index (χ1) is 13.9. The van der Waals surface area contributed by atoms with Crippen molar-refractivity contribution in [2.45, 2.75) is 31.3 Å². The van der Waals surface area contributed by atoms with Crippen LogP contribution < -0.4 is 22.1 Å². The van der Waals surface area contributed by atoms with E-state index in [1.54, 1.807) is 0 Å². The van der Waals surface area contributed by atoms with E-state index in [1.807, 2.05) is 61.5 Å². The van der Waals surface area contributed by atoms with E-state index in [0.29, 0.717) is 11.8 Å². The number of anilines is 3. The number of benzene rings is 2. The van der Waals surface area contributed by atoms with E-state index >= 15 is 0 Å². The van der Waals surface area contributed by atoms with Crippen molar-refractivity contribution in [1.29, 1.82) is 0 Å². The summed E-state index contributed by atoms with van der Waals surface area (Å²) in [6, 6.07) is 17.7. The summed E-state index contributed by atoms with van der Waals surface area (Å²) in [7, 11) is 0. The van der Waals surface area contributed by atoms with Crippen LogP contribution >= 0.6 is 0 Å². The molecule has 0 radical (unpaired) electrons. The minimum Gasteiger partial charge on any atom is -0.365 e. The molecule has 1 amide bonds. The van der Waals surface area contributed by atoms with Crippen molar-refractivity contribution in [2.75, 3.05) is 10.6 Å². The van der Waals surface area contributed by atoms with Gasteiger partial charge in [-0.2, -0.15) is 4.98 Å². The molecule has 7 nitrogen and oxygen atoms in total. The minimum absolute atomic E-state index is 0.130. The van der Waals surface area contributed by atoms with E-state index in [0.717, 1.165) is 29.7 Å². The fourth-order valence-electron chi connectivity index (χ4n) is 3.35. The number of nitrogens with two attached hydrogens (primary N) is 2. The van der Waals surface area contributed by atoms with E-state index in [9.17, 15) is 4.79 Å². The van der Waals surface area contributed by atoms with Crippen molar-refractivity contribution in [1.82, 2.24) is 9.97 Å². The van der Waals surface area contributed by atoms with Crippen molar-refractivity contribution in [3.05, 3.63) is 77.5 Å². The summed E-state index contributed by atoms with van der Waals surface area (Å²) in [5, 5.41) is 6.54. The van der Waals surface area contributed by atoms with Gasteiger partial charge in [0, 0.05) is 17.4 Å². The molecule has 1 unspecified atom stereocenters. The molecular weight excluding hydrogens is 364 g/mol. The highest BCUT2D eigenvalue weighted by atomic mass is 16.1. The molecule has 148 valence electrons. The molecule has 3 aromatic rings. The smallest absolute Gasteiger partial charge is 0.254 e. The molecular formula is C22H24N6O. The highest BCUT2D eigenvalue weighted by molar-refractivity contribution is 5.98. The number of rotatable bonds is 7. The number of primary amides is 1. The first kappa shape index (κ1) is 18.9. The monoisotopic (exact) mass is 388 g/mol. The molecule has 7 heteroatoms. The van der Waals surface area contributed by atoms with Crippen LogP contribution in [0.3, 0.4) is 0 Å². The predicted molar refractivity (Wildman–Crippen MR) is 114 cm³/mol. The number of carbonyl (C=O) groups excluding carboxylic acids is 1. The summed E-state index contributed by atoms with van der Waals surface area (Å²) in [5.41, 5.74) is 14.9. The Morgan fingerprint density at radius 2 is 1.90 bits per heavy atom. The zero-order valence-electron chi connectivity index (χ0n) is 16.2. The molecule has 1 heterocycles. The van der Waals surface area contributed by atoms with Crippen molar-refractivity contribution < 1.29 is 4.79 Å². The first-order valence-corrected chi connectivity index (χ1v) is 9.55. The fraction of sp³-hybridized carbons (Fsp3) is 0.227. The summed E-state index contributed by atoms with van der Waals surface area (Å²) in [5.74, 6) is 0.147. The third-order valence-corrected chi connectivity index (χ3v) is 5.14. The average molecular weight is 388 g/mol. The molecule has 1 saturated carbocycles. The highest BCUT2D eigenvalue weighted by Gasteiger charge is 2.46. The maximum absolute atomic E-state index is 11.9. The summed E-state index contributed by atoms with van der Waals surface area (Å²) < 4.78 is 0. The Morgan fingerprint density at radius 3 is 2.55 bits per heavy atom. The van der Waals surface area contributed by atoms with Crippen LogP contribution in [0.1, 0.15) is 40.4 Å². The van der Waals surface area contributed by atoms with Crippen molar-refractivity contribution in [3.8, 4) is 0 Å². The van der Waals surface area contributed by atoms with E-state index in [1.165, 1.54) is 6.20 Å². The molecule has 1 aliphatic carbocycles. The first-order valence-electron chi connectivity index (χ1n) is 9.55. The summed E-state index contributed by atoms with van der Waals surface area (Å²) in [6.07, 6.45) is 3.29. The van der Waals surface area contributed by atoms with Gasteiger partial charge in [-0.3, -0.25) is 4.79 Å². The lowest BCUT2D eigenvalue weighted by Crippen LogP contribution is -2.36. The van der Waals surface area contributed by atoms with Crippen LogP contribution in [-0.4, -0.2) is 21.4 Å². The Labute approximate surface area is 169 Å². The molecule has 6 N–H and O–H groups in total. The lowest BCUT2D eigenvalue weighted by atomic mass is 9.98.